The van der Waals surface area contributed by atoms with E-state index in [1.165, 1.54) is 6.07 Å². The van der Waals surface area contributed by atoms with Crippen LogP contribution in [0.2, 0.25) is 10.0 Å². The molecule has 0 heterocycles. The van der Waals surface area contributed by atoms with E-state index in [9.17, 15) is 4.79 Å². The van der Waals surface area contributed by atoms with Crippen LogP contribution in [0.3, 0.4) is 0 Å². The summed E-state index contributed by atoms with van der Waals surface area (Å²) in [6.45, 7) is 0. The number of nitrogens with one attached hydrogen (secondary N) is 1. The number of halogens is 3. The lowest BCUT2D eigenvalue weighted by molar-refractivity contribution is 0.102. The third kappa shape index (κ3) is 3.21. The minimum atomic E-state index is -0.287. The fourth-order valence-electron chi connectivity index (χ4n) is 1.46. The zero-order valence-electron chi connectivity index (χ0n) is 9.58. The number of hydrogen-bond donors (Lipinski definition) is 2. The molecule has 3 nitrogen and oxygen atoms in total. The standard InChI is InChI=1S/C13H9BrCl2N2O/c14-12-8(15)2-1-3-11(12)18-13(19)7-4-5-10(17)9(16)6-7/h1-6H,17H2,(H,18,19). The van der Waals surface area contributed by atoms with Gasteiger partial charge in [-0.05, 0) is 46.3 Å². The van der Waals surface area contributed by atoms with Crippen molar-refractivity contribution in [2.24, 2.45) is 0 Å². The Bertz CT molecular complexity index is 647. The zero-order chi connectivity index (χ0) is 14.0. The molecular formula is C13H9BrCl2N2O. The summed E-state index contributed by atoms with van der Waals surface area (Å²) in [4.78, 5) is 12.1. The summed E-state index contributed by atoms with van der Waals surface area (Å²) in [5.74, 6) is -0.287. The van der Waals surface area contributed by atoms with Crippen molar-refractivity contribution in [3.05, 3.63) is 56.5 Å². The SMILES string of the molecule is Nc1ccc(C(=O)Nc2cccc(Cl)c2Br)cc1Cl. The Kier molecular flexibility index (Phi) is 4.34. The Hall–Kier alpha value is -1.23. The first-order chi connectivity index (χ1) is 8.99. The number of carbonyl (C=O) groups is 1. The first-order valence-electron chi connectivity index (χ1n) is 5.29. The van der Waals surface area contributed by atoms with Gasteiger partial charge in [0.2, 0.25) is 0 Å². The lowest BCUT2D eigenvalue weighted by Gasteiger charge is -2.09. The van der Waals surface area contributed by atoms with E-state index in [1.54, 1.807) is 30.3 Å². The number of amides is 1. The first kappa shape index (κ1) is 14.2. The molecule has 6 heteroatoms. The van der Waals surface area contributed by atoms with Crippen molar-refractivity contribution in [3.63, 3.8) is 0 Å². The number of nitrogens with two attached hydrogens (primary N) is 1. The maximum absolute atomic E-state index is 12.1. The van der Waals surface area contributed by atoms with E-state index in [0.717, 1.165) is 0 Å². The van der Waals surface area contributed by atoms with Crippen LogP contribution in [0, 0.1) is 0 Å². The fourth-order valence-corrected chi connectivity index (χ4v) is 2.18. The molecule has 0 spiro atoms. The van der Waals surface area contributed by atoms with Crippen LogP contribution in [0.15, 0.2) is 40.9 Å². The number of carbonyl (C=O) groups excluding carboxylic acids is 1. The van der Waals surface area contributed by atoms with Gasteiger partial charge in [0.05, 0.1) is 25.9 Å². The number of hydrogen-bond acceptors (Lipinski definition) is 2. The highest BCUT2D eigenvalue weighted by molar-refractivity contribution is 9.10. The van der Waals surface area contributed by atoms with Crippen LogP contribution in [0.4, 0.5) is 11.4 Å². The Morgan fingerprint density at radius 3 is 2.58 bits per heavy atom. The van der Waals surface area contributed by atoms with E-state index >= 15 is 0 Å². The summed E-state index contributed by atoms with van der Waals surface area (Å²) >= 11 is 15.2. The molecule has 0 aliphatic carbocycles. The smallest absolute Gasteiger partial charge is 0.255 e. The van der Waals surface area contributed by atoms with Crippen LogP contribution in [0.25, 0.3) is 0 Å². The Morgan fingerprint density at radius 1 is 1.16 bits per heavy atom. The van der Waals surface area contributed by atoms with Crippen molar-refractivity contribution in [3.8, 4) is 0 Å². The first-order valence-corrected chi connectivity index (χ1v) is 6.84. The second-order valence-corrected chi connectivity index (χ2v) is 5.40. The molecule has 0 fully saturated rings. The Morgan fingerprint density at radius 2 is 1.89 bits per heavy atom. The Labute approximate surface area is 128 Å². The number of nitrogen functional groups attached to an aromatic ring is 1. The molecule has 0 unspecified atom stereocenters. The number of anilines is 2. The normalized spacial score (nSPS) is 10.3. The van der Waals surface area contributed by atoms with Crippen LogP contribution >= 0.6 is 39.1 Å². The van der Waals surface area contributed by atoms with Gasteiger partial charge >= 0.3 is 0 Å². The minimum Gasteiger partial charge on any atom is -0.398 e. The molecule has 2 aromatic rings. The zero-order valence-corrected chi connectivity index (χ0v) is 12.7. The van der Waals surface area contributed by atoms with Gasteiger partial charge < -0.3 is 11.1 Å². The summed E-state index contributed by atoms with van der Waals surface area (Å²) in [7, 11) is 0. The molecule has 0 saturated carbocycles. The Balaban J connectivity index is 2.26. The van der Waals surface area contributed by atoms with Gasteiger partial charge in [-0.2, -0.15) is 0 Å². The summed E-state index contributed by atoms with van der Waals surface area (Å²) in [5, 5.41) is 3.61. The predicted octanol–water partition coefficient (Wildman–Crippen LogP) is 4.59. The van der Waals surface area contributed by atoms with Crippen molar-refractivity contribution in [2.45, 2.75) is 0 Å². The lowest BCUT2D eigenvalue weighted by Crippen LogP contribution is -2.12. The van der Waals surface area contributed by atoms with Crippen LogP contribution in [-0.2, 0) is 0 Å². The maximum atomic E-state index is 12.1. The monoisotopic (exact) mass is 358 g/mol. The molecule has 0 aromatic heterocycles. The van der Waals surface area contributed by atoms with Crippen LogP contribution in [-0.4, -0.2) is 5.91 Å². The van der Waals surface area contributed by atoms with Crippen molar-refractivity contribution in [1.29, 1.82) is 0 Å². The average molecular weight is 360 g/mol. The average Bonchev–Trinajstić information content (AvgIpc) is 2.38. The van der Waals surface area contributed by atoms with Crippen LogP contribution in [0.1, 0.15) is 10.4 Å². The van der Waals surface area contributed by atoms with Gasteiger partial charge in [-0.25, -0.2) is 0 Å². The molecule has 0 saturated heterocycles. The highest BCUT2D eigenvalue weighted by Crippen LogP contribution is 2.30. The van der Waals surface area contributed by atoms with Gasteiger partial charge in [-0.3, -0.25) is 4.79 Å². The molecule has 0 atom stereocenters. The van der Waals surface area contributed by atoms with Crippen LogP contribution < -0.4 is 11.1 Å². The van der Waals surface area contributed by atoms with Gasteiger partial charge in [-0.15, -0.1) is 0 Å². The number of benzene rings is 2. The minimum absolute atomic E-state index is 0.287. The van der Waals surface area contributed by atoms with Gasteiger partial charge in [0.25, 0.3) is 5.91 Å². The van der Waals surface area contributed by atoms with Gasteiger partial charge in [0.15, 0.2) is 0 Å². The predicted molar refractivity (Wildman–Crippen MR) is 83.0 cm³/mol. The van der Waals surface area contributed by atoms with Crippen molar-refractivity contribution in [1.82, 2.24) is 0 Å². The van der Waals surface area contributed by atoms with E-state index in [4.69, 9.17) is 28.9 Å². The molecule has 0 aliphatic rings. The third-order valence-electron chi connectivity index (χ3n) is 2.46. The fraction of sp³-hybridized carbons (Fsp3) is 0. The van der Waals surface area contributed by atoms with Crippen molar-refractivity contribution < 1.29 is 4.79 Å². The van der Waals surface area contributed by atoms with Crippen molar-refractivity contribution >= 4 is 56.4 Å². The summed E-state index contributed by atoms with van der Waals surface area (Å²) < 4.78 is 0.631. The highest BCUT2D eigenvalue weighted by atomic mass is 79.9. The quantitative estimate of drug-likeness (QED) is 0.770. The summed E-state index contributed by atoms with van der Waals surface area (Å²) in [6.07, 6.45) is 0. The van der Waals surface area contributed by atoms with Gasteiger partial charge in [0.1, 0.15) is 0 Å². The molecule has 19 heavy (non-hydrogen) atoms. The molecule has 2 aromatic carbocycles. The summed E-state index contributed by atoms with van der Waals surface area (Å²) in [6, 6.07) is 9.93. The van der Waals surface area contributed by atoms with E-state index in [1.807, 2.05) is 0 Å². The maximum Gasteiger partial charge on any atom is 0.255 e. The third-order valence-corrected chi connectivity index (χ3v) is 4.19. The molecule has 0 aliphatic heterocycles. The van der Waals surface area contributed by atoms with E-state index in [-0.39, 0.29) is 5.91 Å². The van der Waals surface area contributed by atoms with Crippen molar-refractivity contribution in [2.75, 3.05) is 11.1 Å². The molecule has 2 rings (SSSR count). The van der Waals surface area contributed by atoms with E-state index in [0.29, 0.717) is 31.5 Å². The second kappa shape index (κ2) is 5.82. The second-order valence-electron chi connectivity index (χ2n) is 3.79. The van der Waals surface area contributed by atoms with E-state index < -0.39 is 0 Å². The molecule has 0 radical (unpaired) electrons. The van der Waals surface area contributed by atoms with Gasteiger partial charge in [0, 0.05) is 5.56 Å². The molecular weight excluding hydrogens is 351 g/mol. The molecule has 3 N–H and O–H groups in total. The number of rotatable bonds is 2. The molecule has 1 amide bonds. The topological polar surface area (TPSA) is 55.1 Å². The molecule has 0 bridgehead atoms. The largest absolute Gasteiger partial charge is 0.398 e. The summed E-state index contributed by atoms with van der Waals surface area (Å²) in [5.41, 5.74) is 7.04. The highest BCUT2D eigenvalue weighted by Gasteiger charge is 2.11. The van der Waals surface area contributed by atoms with E-state index in [2.05, 4.69) is 21.2 Å². The molecule has 98 valence electrons. The lowest BCUT2D eigenvalue weighted by atomic mass is 10.2. The van der Waals surface area contributed by atoms with Gasteiger partial charge in [-0.1, -0.05) is 29.3 Å². The van der Waals surface area contributed by atoms with Crippen LogP contribution in [0.5, 0.6) is 0 Å².